The van der Waals surface area contributed by atoms with Gasteiger partial charge in [-0.05, 0) is 24.1 Å². The van der Waals surface area contributed by atoms with Crippen LogP contribution < -0.4 is 5.32 Å². The predicted octanol–water partition coefficient (Wildman–Crippen LogP) is 3.25. The third-order valence-corrected chi connectivity index (χ3v) is 2.66. The van der Waals surface area contributed by atoms with Crippen LogP contribution in [0.25, 0.3) is 0 Å². The van der Waals surface area contributed by atoms with Crippen LogP contribution in [0.4, 0.5) is 11.4 Å². The van der Waals surface area contributed by atoms with Gasteiger partial charge in [0.15, 0.2) is 0 Å². The van der Waals surface area contributed by atoms with Crippen LogP contribution in [-0.4, -0.2) is 11.5 Å². The second-order valence-electron chi connectivity index (χ2n) is 3.97. The Labute approximate surface area is 105 Å². The molecule has 0 aromatic heterocycles. The van der Waals surface area contributed by atoms with E-state index in [9.17, 15) is 10.1 Å². The Morgan fingerprint density at radius 3 is 2.28 bits per heavy atom. The summed E-state index contributed by atoms with van der Waals surface area (Å²) in [4.78, 5) is 10.1. The van der Waals surface area contributed by atoms with Crippen molar-refractivity contribution in [1.82, 2.24) is 0 Å². The molecule has 0 saturated carbocycles. The Morgan fingerprint density at radius 1 is 1.00 bits per heavy atom. The molecule has 0 aliphatic heterocycles. The molecule has 0 atom stereocenters. The number of benzene rings is 2. The number of rotatable bonds is 5. The van der Waals surface area contributed by atoms with Gasteiger partial charge in [0.1, 0.15) is 0 Å². The van der Waals surface area contributed by atoms with Gasteiger partial charge in [0.25, 0.3) is 5.69 Å². The highest BCUT2D eigenvalue weighted by Gasteiger charge is 2.03. The van der Waals surface area contributed by atoms with Gasteiger partial charge in [-0.2, -0.15) is 0 Å². The predicted molar refractivity (Wildman–Crippen MR) is 71.7 cm³/mol. The summed E-state index contributed by atoms with van der Waals surface area (Å²) in [5.41, 5.74) is 2.28. The normalized spacial score (nSPS) is 10.0. The Bertz CT molecular complexity index is 509. The molecule has 0 heterocycles. The molecule has 0 bridgehead atoms. The summed E-state index contributed by atoms with van der Waals surface area (Å²) in [6, 6.07) is 16.6. The number of anilines is 1. The highest BCUT2D eigenvalue weighted by atomic mass is 16.6. The lowest BCUT2D eigenvalue weighted by atomic mass is 10.1. The largest absolute Gasteiger partial charge is 0.385 e. The van der Waals surface area contributed by atoms with E-state index >= 15 is 0 Å². The number of nitro benzene ring substituents is 1. The summed E-state index contributed by atoms with van der Waals surface area (Å²) < 4.78 is 0. The first-order chi connectivity index (χ1) is 8.75. The highest BCUT2D eigenvalue weighted by molar-refractivity contribution is 5.48. The topological polar surface area (TPSA) is 55.2 Å². The average molecular weight is 242 g/mol. The van der Waals surface area contributed by atoms with Crippen molar-refractivity contribution < 1.29 is 4.92 Å². The number of hydrogen-bond donors (Lipinski definition) is 1. The first-order valence-corrected chi connectivity index (χ1v) is 5.78. The Balaban J connectivity index is 1.85. The van der Waals surface area contributed by atoms with Crippen molar-refractivity contribution in [3.05, 3.63) is 70.3 Å². The molecule has 2 aromatic rings. The number of nitrogens with zero attached hydrogens (tertiary/aromatic N) is 1. The molecule has 18 heavy (non-hydrogen) atoms. The molecular weight excluding hydrogens is 228 g/mol. The first kappa shape index (κ1) is 12.1. The molecule has 0 amide bonds. The fraction of sp³-hybridized carbons (Fsp3) is 0.143. The van der Waals surface area contributed by atoms with E-state index in [0.29, 0.717) is 0 Å². The Kier molecular flexibility index (Phi) is 3.91. The zero-order valence-electron chi connectivity index (χ0n) is 9.87. The maximum absolute atomic E-state index is 10.5. The maximum Gasteiger partial charge on any atom is 0.269 e. The van der Waals surface area contributed by atoms with Gasteiger partial charge in [-0.25, -0.2) is 0 Å². The van der Waals surface area contributed by atoms with Gasteiger partial charge in [-0.15, -0.1) is 0 Å². The second kappa shape index (κ2) is 5.82. The number of hydrogen-bond acceptors (Lipinski definition) is 3. The quantitative estimate of drug-likeness (QED) is 0.646. The maximum atomic E-state index is 10.5. The summed E-state index contributed by atoms with van der Waals surface area (Å²) in [5, 5.41) is 13.7. The molecule has 0 spiro atoms. The average Bonchev–Trinajstić information content (AvgIpc) is 2.40. The van der Waals surface area contributed by atoms with Crippen LogP contribution in [0.15, 0.2) is 54.6 Å². The first-order valence-electron chi connectivity index (χ1n) is 5.78. The molecule has 0 fully saturated rings. The molecular formula is C14H14N2O2. The SMILES string of the molecule is O=[N+]([O-])c1ccc(NCCc2ccccc2)cc1. The molecule has 92 valence electrons. The lowest BCUT2D eigenvalue weighted by molar-refractivity contribution is -0.384. The summed E-state index contributed by atoms with van der Waals surface area (Å²) >= 11 is 0. The van der Waals surface area contributed by atoms with E-state index in [1.807, 2.05) is 18.2 Å². The third kappa shape index (κ3) is 3.31. The van der Waals surface area contributed by atoms with Crippen LogP contribution in [-0.2, 0) is 6.42 Å². The zero-order valence-corrected chi connectivity index (χ0v) is 9.87. The number of nitro groups is 1. The van der Waals surface area contributed by atoms with Crippen molar-refractivity contribution >= 4 is 11.4 Å². The fourth-order valence-corrected chi connectivity index (χ4v) is 1.70. The van der Waals surface area contributed by atoms with Crippen LogP contribution in [0, 0.1) is 10.1 Å². The Hall–Kier alpha value is -2.36. The highest BCUT2D eigenvalue weighted by Crippen LogP contribution is 2.15. The smallest absolute Gasteiger partial charge is 0.269 e. The Morgan fingerprint density at radius 2 is 1.67 bits per heavy atom. The molecule has 0 saturated heterocycles. The van der Waals surface area contributed by atoms with Crippen LogP contribution in [0.5, 0.6) is 0 Å². The molecule has 4 nitrogen and oxygen atoms in total. The van der Waals surface area contributed by atoms with Crippen LogP contribution in [0.2, 0.25) is 0 Å². The fourth-order valence-electron chi connectivity index (χ4n) is 1.70. The summed E-state index contributed by atoms with van der Waals surface area (Å²) in [5.74, 6) is 0. The van der Waals surface area contributed by atoms with E-state index < -0.39 is 4.92 Å². The van der Waals surface area contributed by atoms with Crippen molar-refractivity contribution in [3.8, 4) is 0 Å². The monoisotopic (exact) mass is 242 g/mol. The number of nitrogens with one attached hydrogen (secondary N) is 1. The standard InChI is InChI=1S/C14H14N2O2/c17-16(18)14-8-6-13(7-9-14)15-11-10-12-4-2-1-3-5-12/h1-9,15H,10-11H2. The van der Waals surface area contributed by atoms with Crippen molar-refractivity contribution in [2.75, 3.05) is 11.9 Å². The van der Waals surface area contributed by atoms with Gasteiger partial charge >= 0.3 is 0 Å². The van der Waals surface area contributed by atoms with Crippen molar-refractivity contribution in [1.29, 1.82) is 0 Å². The molecule has 0 unspecified atom stereocenters. The zero-order chi connectivity index (χ0) is 12.8. The van der Waals surface area contributed by atoms with Crippen molar-refractivity contribution in [2.24, 2.45) is 0 Å². The van der Waals surface area contributed by atoms with E-state index in [1.165, 1.54) is 17.7 Å². The van der Waals surface area contributed by atoms with E-state index in [0.717, 1.165) is 18.7 Å². The molecule has 0 aliphatic carbocycles. The van der Waals surface area contributed by atoms with Gasteiger partial charge in [0.05, 0.1) is 4.92 Å². The molecule has 2 rings (SSSR count). The van der Waals surface area contributed by atoms with Crippen molar-refractivity contribution in [3.63, 3.8) is 0 Å². The minimum Gasteiger partial charge on any atom is -0.385 e. The molecule has 1 N–H and O–H groups in total. The summed E-state index contributed by atoms with van der Waals surface area (Å²) in [6.07, 6.45) is 0.928. The van der Waals surface area contributed by atoms with Gasteiger partial charge in [0.2, 0.25) is 0 Å². The van der Waals surface area contributed by atoms with Crippen LogP contribution in [0.3, 0.4) is 0 Å². The third-order valence-electron chi connectivity index (χ3n) is 2.66. The van der Waals surface area contributed by atoms with Gasteiger partial charge in [-0.3, -0.25) is 10.1 Å². The molecule has 0 aliphatic rings. The summed E-state index contributed by atoms with van der Waals surface area (Å²) in [6.45, 7) is 0.807. The van der Waals surface area contributed by atoms with Gasteiger partial charge in [-0.1, -0.05) is 30.3 Å². The number of non-ortho nitro benzene ring substituents is 1. The second-order valence-corrected chi connectivity index (χ2v) is 3.97. The van der Waals surface area contributed by atoms with Crippen LogP contribution >= 0.6 is 0 Å². The van der Waals surface area contributed by atoms with E-state index in [2.05, 4.69) is 17.4 Å². The lowest BCUT2D eigenvalue weighted by Gasteiger charge is -2.06. The summed E-state index contributed by atoms with van der Waals surface area (Å²) in [7, 11) is 0. The molecule has 2 aromatic carbocycles. The molecule has 4 heteroatoms. The van der Waals surface area contributed by atoms with E-state index in [-0.39, 0.29) is 5.69 Å². The van der Waals surface area contributed by atoms with Crippen molar-refractivity contribution in [2.45, 2.75) is 6.42 Å². The van der Waals surface area contributed by atoms with Gasteiger partial charge in [0, 0.05) is 24.4 Å². The van der Waals surface area contributed by atoms with E-state index in [4.69, 9.17) is 0 Å². The minimum absolute atomic E-state index is 0.114. The van der Waals surface area contributed by atoms with Crippen LogP contribution in [0.1, 0.15) is 5.56 Å². The van der Waals surface area contributed by atoms with Gasteiger partial charge < -0.3 is 5.32 Å². The molecule has 0 radical (unpaired) electrons. The lowest BCUT2D eigenvalue weighted by Crippen LogP contribution is -2.04. The minimum atomic E-state index is -0.395. The van der Waals surface area contributed by atoms with E-state index in [1.54, 1.807) is 12.1 Å².